The fraction of sp³-hybridized carbons (Fsp3) is 0.0172. The third-order valence-corrected chi connectivity index (χ3v) is 12.9. The van der Waals surface area contributed by atoms with E-state index in [1.165, 1.54) is 38.9 Å². The highest BCUT2D eigenvalue weighted by molar-refractivity contribution is 6.12. The number of fused-ring (bicyclic) bond motifs is 9. The second-order valence-electron chi connectivity index (χ2n) is 16.3. The molecule has 0 radical (unpaired) electrons. The van der Waals surface area contributed by atoms with Crippen molar-refractivity contribution in [2.24, 2.45) is 0 Å². The van der Waals surface area contributed by atoms with E-state index in [2.05, 4.69) is 199 Å². The molecule has 0 saturated heterocycles. The van der Waals surface area contributed by atoms with E-state index in [1.807, 2.05) is 24.3 Å². The van der Waals surface area contributed by atoms with Crippen LogP contribution in [0.1, 0.15) is 22.3 Å². The van der Waals surface area contributed by atoms with Crippen molar-refractivity contribution in [2.45, 2.75) is 5.41 Å². The predicted octanol–water partition coefficient (Wildman–Crippen LogP) is 14.2. The smallest absolute Gasteiger partial charge is 0.238 e. The molecule has 0 atom stereocenters. The summed E-state index contributed by atoms with van der Waals surface area (Å²) in [6.45, 7) is 0. The molecule has 0 bridgehead atoms. The van der Waals surface area contributed by atoms with Crippen LogP contribution in [0.4, 0.5) is 0 Å². The monoisotopic (exact) mass is 804 g/mol. The Bertz CT molecular complexity index is 3690. The molecule has 5 nitrogen and oxygen atoms in total. The average Bonchev–Trinajstić information content (AvgIpc) is 3.99. The first kappa shape index (κ1) is 35.4. The van der Waals surface area contributed by atoms with Gasteiger partial charge in [0.15, 0.2) is 11.6 Å². The van der Waals surface area contributed by atoms with Crippen molar-refractivity contribution in [3.8, 4) is 51.0 Å². The molecular weight excluding hydrogens is 769 g/mol. The quantitative estimate of drug-likeness (QED) is 0.168. The Morgan fingerprint density at radius 1 is 0.349 bits per heavy atom. The largest absolute Gasteiger partial charge is 0.456 e. The van der Waals surface area contributed by atoms with Crippen LogP contribution in [0.25, 0.3) is 94.7 Å². The molecule has 9 aromatic carbocycles. The molecule has 0 N–H and O–H groups in total. The van der Waals surface area contributed by atoms with Gasteiger partial charge in [0.05, 0.1) is 16.4 Å². The maximum Gasteiger partial charge on any atom is 0.238 e. The van der Waals surface area contributed by atoms with Gasteiger partial charge in [0.25, 0.3) is 0 Å². The van der Waals surface area contributed by atoms with Gasteiger partial charge < -0.3 is 4.42 Å². The number of para-hydroxylation sites is 1. The molecule has 5 heteroatoms. The first-order valence-electron chi connectivity index (χ1n) is 21.3. The first-order chi connectivity index (χ1) is 31.2. The van der Waals surface area contributed by atoms with Gasteiger partial charge in [0.1, 0.15) is 11.2 Å². The van der Waals surface area contributed by atoms with Crippen molar-refractivity contribution in [2.75, 3.05) is 0 Å². The molecule has 0 spiro atoms. The first-order valence-corrected chi connectivity index (χ1v) is 21.3. The van der Waals surface area contributed by atoms with E-state index in [4.69, 9.17) is 19.4 Å². The number of furan rings is 1. The lowest BCUT2D eigenvalue weighted by atomic mass is 9.67. The standard InChI is InChI=1S/C58H36N4O/c1-5-17-37(18-6-1)39-30-32-53-48(33-39)45-31-29-40(34-54(45)63-53)56-59-55(38-19-7-2-8-20-38)60-57(61-56)62-51-28-16-14-26-44(51)47-35-46-43-25-13-15-27-49(43)58(50(46)36-52(47)62,41-21-9-3-10-22-41)42-23-11-4-12-24-42/h1-36H. The summed E-state index contributed by atoms with van der Waals surface area (Å²) in [6, 6.07) is 77.5. The van der Waals surface area contributed by atoms with Crippen LogP contribution in [-0.2, 0) is 5.41 Å². The second kappa shape index (κ2) is 13.8. The highest BCUT2D eigenvalue weighted by atomic mass is 16.3. The SMILES string of the molecule is c1ccc(-c2ccc3oc4cc(-c5nc(-c6ccccc6)nc(-n6c7ccccc7c7cc8c(cc76)C(c6ccccc6)(c6ccccc6)c6ccccc6-8)n5)ccc4c3c2)cc1. The van der Waals surface area contributed by atoms with Gasteiger partial charge in [-0.05, 0) is 87.0 Å². The minimum Gasteiger partial charge on any atom is -0.456 e. The predicted molar refractivity (Wildman–Crippen MR) is 255 cm³/mol. The zero-order valence-electron chi connectivity index (χ0n) is 34.0. The Balaban J connectivity index is 1.06. The van der Waals surface area contributed by atoms with Crippen LogP contribution in [0.2, 0.25) is 0 Å². The van der Waals surface area contributed by atoms with Crippen molar-refractivity contribution in [1.82, 2.24) is 19.5 Å². The zero-order chi connectivity index (χ0) is 41.5. The maximum atomic E-state index is 6.52. The number of rotatable bonds is 6. The van der Waals surface area contributed by atoms with Crippen LogP contribution in [0.5, 0.6) is 0 Å². The summed E-state index contributed by atoms with van der Waals surface area (Å²) in [7, 11) is 0. The molecule has 13 rings (SSSR count). The molecule has 0 unspecified atom stereocenters. The highest BCUT2D eigenvalue weighted by Crippen LogP contribution is 2.57. The maximum absolute atomic E-state index is 6.52. The minimum atomic E-state index is -0.562. The van der Waals surface area contributed by atoms with Gasteiger partial charge in [0.2, 0.25) is 5.95 Å². The van der Waals surface area contributed by atoms with Gasteiger partial charge in [0, 0.05) is 32.7 Å². The third kappa shape index (κ3) is 5.33. The van der Waals surface area contributed by atoms with Crippen LogP contribution in [0, 0.1) is 0 Å². The molecule has 0 aliphatic heterocycles. The topological polar surface area (TPSA) is 56.7 Å². The summed E-state index contributed by atoms with van der Waals surface area (Å²) in [6.07, 6.45) is 0. The lowest BCUT2D eigenvalue weighted by molar-refractivity contribution is 0.669. The van der Waals surface area contributed by atoms with Crippen molar-refractivity contribution in [3.63, 3.8) is 0 Å². The fourth-order valence-electron chi connectivity index (χ4n) is 10.2. The molecule has 0 fully saturated rings. The van der Waals surface area contributed by atoms with Gasteiger partial charge in [-0.3, -0.25) is 4.57 Å². The van der Waals surface area contributed by atoms with E-state index in [1.54, 1.807) is 0 Å². The Kier molecular flexibility index (Phi) is 7.75. The normalized spacial score (nSPS) is 12.9. The Hall–Kier alpha value is -8.41. The molecule has 3 aromatic heterocycles. The molecular formula is C58H36N4O. The molecule has 1 aliphatic carbocycles. The van der Waals surface area contributed by atoms with Crippen molar-refractivity contribution in [1.29, 1.82) is 0 Å². The van der Waals surface area contributed by atoms with Crippen molar-refractivity contribution < 1.29 is 4.42 Å². The Morgan fingerprint density at radius 2 is 0.968 bits per heavy atom. The number of aromatic nitrogens is 4. The average molecular weight is 805 g/mol. The molecule has 63 heavy (non-hydrogen) atoms. The highest BCUT2D eigenvalue weighted by Gasteiger charge is 2.46. The number of benzene rings is 9. The van der Waals surface area contributed by atoms with Crippen LogP contribution < -0.4 is 0 Å². The van der Waals surface area contributed by atoms with Gasteiger partial charge in [-0.1, -0.05) is 176 Å². The van der Waals surface area contributed by atoms with E-state index in [9.17, 15) is 0 Å². The summed E-state index contributed by atoms with van der Waals surface area (Å²) in [5.41, 5.74) is 14.6. The van der Waals surface area contributed by atoms with Crippen LogP contribution in [0.15, 0.2) is 223 Å². The number of nitrogens with zero attached hydrogens (tertiary/aromatic N) is 4. The van der Waals surface area contributed by atoms with Crippen LogP contribution in [0.3, 0.4) is 0 Å². The molecule has 12 aromatic rings. The van der Waals surface area contributed by atoms with Gasteiger partial charge in [-0.2, -0.15) is 9.97 Å². The van der Waals surface area contributed by atoms with Crippen molar-refractivity contribution >= 4 is 43.7 Å². The second-order valence-corrected chi connectivity index (χ2v) is 16.3. The van der Waals surface area contributed by atoms with E-state index >= 15 is 0 Å². The van der Waals surface area contributed by atoms with E-state index < -0.39 is 5.41 Å². The number of hydrogen-bond donors (Lipinski definition) is 0. The lowest BCUT2D eigenvalue weighted by Gasteiger charge is -2.34. The third-order valence-electron chi connectivity index (χ3n) is 12.9. The van der Waals surface area contributed by atoms with Gasteiger partial charge >= 0.3 is 0 Å². The van der Waals surface area contributed by atoms with E-state index in [-0.39, 0.29) is 0 Å². The molecule has 0 saturated carbocycles. The molecule has 1 aliphatic rings. The molecule has 0 amide bonds. The molecule has 3 heterocycles. The number of hydrogen-bond acceptors (Lipinski definition) is 4. The lowest BCUT2D eigenvalue weighted by Crippen LogP contribution is -2.28. The fourth-order valence-corrected chi connectivity index (χ4v) is 10.2. The Morgan fingerprint density at radius 3 is 1.71 bits per heavy atom. The summed E-state index contributed by atoms with van der Waals surface area (Å²) in [4.78, 5) is 15.9. The summed E-state index contributed by atoms with van der Waals surface area (Å²) < 4.78 is 8.76. The minimum absolute atomic E-state index is 0.544. The van der Waals surface area contributed by atoms with E-state index in [0.717, 1.165) is 60.4 Å². The van der Waals surface area contributed by atoms with Crippen LogP contribution in [-0.4, -0.2) is 19.5 Å². The zero-order valence-corrected chi connectivity index (χ0v) is 34.0. The summed E-state index contributed by atoms with van der Waals surface area (Å²) in [5, 5.41) is 4.38. The van der Waals surface area contributed by atoms with Crippen LogP contribution >= 0.6 is 0 Å². The summed E-state index contributed by atoms with van der Waals surface area (Å²) >= 11 is 0. The van der Waals surface area contributed by atoms with Gasteiger partial charge in [-0.15, -0.1) is 0 Å². The molecule has 294 valence electrons. The van der Waals surface area contributed by atoms with Crippen molar-refractivity contribution in [3.05, 3.63) is 241 Å². The summed E-state index contributed by atoms with van der Waals surface area (Å²) in [5.74, 6) is 1.70. The van der Waals surface area contributed by atoms with E-state index in [0.29, 0.717) is 17.6 Å². The Labute approximate surface area is 363 Å². The van der Waals surface area contributed by atoms with Gasteiger partial charge in [-0.25, -0.2) is 4.98 Å².